The van der Waals surface area contributed by atoms with Gasteiger partial charge in [-0.1, -0.05) is 55.3 Å². The minimum absolute atomic E-state index is 0.124. The van der Waals surface area contributed by atoms with Crippen LogP contribution in [0.25, 0.3) is 11.3 Å². The van der Waals surface area contributed by atoms with Gasteiger partial charge in [-0.3, -0.25) is 18.7 Å². The van der Waals surface area contributed by atoms with Crippen molar-refractivity contribution >= 4 is 11.8 Å². The van der Waals surface area contributed by atoms with Crippen LogP contribution in [0.2, 0.25) is 0 Å². The molecular weight excluding hydrogens is 510 g/mol. The van der Waals surface area contributed by atoms with Crippen molar-refractivity contribution in [3.8, 4) is 17.0 Å². The number of aromatic nitrogens is 2. The summed E-state index contributed by atoms with van der Waals surface area (Å²) in [6, 6.07) is 16.3. The van der Waals surface area contributed by atoms with E-state index in [1.807, 2.05) is 36.4 Å². The van der Waals surface area contributed by atoms with E-state index in [1.165, 1.54) is 0 Å². The van der Waals surface area contributed by atoms with Gasteiger partial charge in [-0.05, 0) is 30.5 Å². The van der Waals surface area contributed by atoms with Crippen LogP contribution >= 0.6 is 0 Å². The first-order valence-corrected chi connectivity index (χ1v) is 14.0. The molecule has 2 fully saturated rings. The van der Waals surface area contributed by atoms with Crippen molar-refractivity contribution in [1.82, 2.24) is 24.7 Å². The number of hydrogen-bond acceptors (Lipinski definition) is 6. The number of amides is 2. The molecular formula is C30H37N5O5. The Morgan fingerprint density at radius 1 is 1.05 bits per heavy atom. The summed E-state index contributed by atoms with van der Waals surface area (Å²) in [4.78, 5) is 42.0. The SMILES string of the molecule is CNC(=O)COc1cccc(Cn2c(C(=O)N3CCNCC3)c(-c3ccccc3)n(C3CCCC[C@H]3O)c2=O)c1. The van der Waals surface area contributed by atoms with Crippen LogP contribution in [0.3, 0.4) is 0 Å². The Balaban J connectivity index is 1.65. The fourth-order valence-electron chi connectivity index (χ4n) is 5.65. The molecule has 2 aromatic carbocycles. The van der Waals surface area contributed by atoms with E-state index in [0.29, 0.717) is 56.2 Å². The maximum absolute atomic E-state index is 14.3. The Bertz CT molecular complexity index is 1390. The molecule has 1 aliphatic heterocycles. The van der Waals surface area contributed by atoms with Gasteiger partial charge in [-0.2, -0.15) is 0 Å². The molecule has 0 spiro atoms. The highest BCUT2D eigenvalue weighted by Crippen LogP contribution is 2.34. The topological polar surface area (TPSA) is 118 Å². The number of aliphatic hydroxyl groups excluding tert-OH is 1. The highest BCUT2D eigenvalue weighted by Gasteiger charge is 2.35. The van der Waals surface area contributed by atoms with Crippen LogP contribution in [0.4, 0.5) is 0 Å². The molecule has 10 nitrogen and oxygen atoms in total. The summed E-state index contributed by atoms with van der Waals surface area (Å²) >= 11 is 0. The van der Waals surface area contributed by atoms with Gasteiger partial charge in [-0.25, -0.2) is 4.79 Å². The van der Waals surface area contributed by atoms with Crippen LogP contribution in [-0.4, -0.2) is 76.9 Å². The zero-order valence-corrected chi connectivity index (χ0v) is 22.8. The average molecular weight is 548 g/mol. The molecule has 1 aromatic heterocycles. The molecule has 2 amide bonds. The molecule has 0 bridgehead atoms. The van der Waals surface area contributed by atoms with E-state index < -0.39 is 12.1 Å². The van der Waals surface area contributed by atoms with E-state index >= 15 is 0 Å². The number of likely N-dealkylation sites (N-methyl/N-ethyl adjacent to an activating group) is 1. The molecule has 2 atom stereocenters. The highest BCUT2D eigenvalue weighted by molar-refractivity contribution is 5.99. The molecule has 3 aromatic rings. The number of carbonyl (C=O) groups is 2. The van der Waals surface area contributed by atoms with Crippen LogP contribution in [0.5, 0.6) is 5.75 Å². The van der Waals surface area contributed by atoms with Gasteiger partial charge in [0.2, 0.25) is 0 Å². The van der Waals surface area contributed by atoms with Crippen LogP contribution in [0, 0.1) is 0 Å². The van der Waals surface area contributed by atoms with E-state index in [0.717, 1.165) is 24.0 Å². The standard InChI is InChI=1S/C30H37N5O5/c1-31-26(37)20-40-23-11-7-8-21(18-23)19-34-28(29(38)33-16-14-32-15-17-33)27(22-9-3-2-4-10-22)35(30(34)39)24-12-5-6-13-25(24)36/h2-4,7-11,18,24-25,32,36H,5-6,12-17,19-20H2,1H3,(H,31,37)/t24?,25-/m1/s1. The molecule has 5 rings (SSSR count). The van der Waals surface area contributed by atoms with E-state index in [4.69, 9.17) is 4.74 Å². The number of ether oxygens (including phenoxy) is 1. The lowest BCUT2D eigenvalue weighted by Gasteiger charge is -2.30. The van der Waals surface area contributed by atoms with Crippen LogP contribution in [-0.2, 0) is 11.3 Å². The molecule has 40 heavy (non-hydrogen) atoms. The van der Waals surface area contributed by atoms with Crippen molar-refractivity contribution in [1.29, 1.82) is 0 Å². The van der Waals surface area contributed by atoms with Crippen molar-refractivity contribution in [3.05, 3.63) is 76.3 Å². The first-order chi connectivity index (χ1) is 19.5. The van der Waals surface area contributed by atoms with E-state index in [9.17, 15) is 19.5 Å². The zero-order valence-electron chi connectivity index (χ0n) is 22.8. The third-order valence-corrected chi connectivity index (χ3v) is 7.74. The molecule has 212 valence electrons. The highest BCUT2D eigenvalue weighted by atomic mass is 16.5. The Morgan fingerprint density at radius 2 is 1.80 bits per heavy atom. The van der Waals surface area contributed by atoms with Crippen molar-refractivity contribution in [2.75, 3.05) is 39.8 Å². The third-order valence-electron chi connectivity index (χ3n) is 7.74. The first-order valence-electron chi connectivity index (χ1n) is 14.0. The molecule has 10 heteroatoms. The van der Waals surface area contributed by atoms with E-state index in [-0.39, 0.29) is 30.7 Å². The van der Waals surface area contributed by atoms with Crippen LogP contribution in [0.1, 0.15) is 47.8 Å². The number of benzene rings is 2. The minimum Gasteiger partial charge on any atom is -0.484 e. The molecule has 1 aliphatic carbocycles. The van der Waals surface area contributed by atoms with E-state index in [1.54, 1.807) is 39.3 Å². The van der Waals surface area contributed by atoms with Crippen molar-refractivity contribution in [2.45, 2.75) is 44.4 Å². The van der Waals surface area contributed by atoms with Gasteiger partial charge in [0.25, 0.3) is 11.8 Å². The molecule has 1 saturated carbocycles. The maximum Gasteiger partial charge on any atom is 0.329 e. The summed E-state index contributed by atoms with van der Waals surface area (Å²) in [6.45, 7) is 2.47. The van der Waals surface area contributed by atoms with Crippen molar-refractivity contribution in [3.63, 3.8) is 0 Å². The second kappa shape index (κ2) is 12.5. The molecule has 1 saturated heterocycles. The number of carbonyl (C=O) groups excluding carboxylic acids is 2. The normalized spacial score (nSPS) is 19.3. The summed E-state index contributed by atoms with van der Waals surface area (Å²) in [5.41, 5.74) is 2.07. The number of rotatable bonds is 8. The van der Waals surface area contributed by atoms with Gasteiger partial charge in [-0.15, -0.1) is 0 Å². The van der Waals surface area contributed by atoms with Gasteiger partial charge < -0.3 is 25.4 Å². The first kappa shape index (κ1) is 27.7. The number of aliphatic hydroxyl groups is 1. The monoisotopic (exact) mass is 547 g/mol. The number of nitrogens with one attached hydrogen (secondary N) is 2. The molecule has 2 heterocycles. The van der Waals surface area contributed by atoms with Gasteiger partial charge in [0, 0.05) is 38.8 Å². The summed E-state index contributed by atoms with van der Waals surface area (Å²) in [6.07, 6.45) is 2.41. The predicted octanol–water partition coefficient (Wildman–Crippen LogP) is 2.01. The second-order valence-electron chi connectivity index (χ2n) is 10.4. The Labute approximate surface area is 233 Å². The maximum atomic E-state index is 14.3. The van der Waals surface area contributed by atoms with Gasteiger partial charge in [0.15, 0.2) is 6.61 Å². The third kappa shape index (κ3) is 5.83. The van der Waals surface area contributed by atoms with Crippen LogP contribution in [0.15, 0.2) is 59.4 Å². The number of hydrogen-bond donors (Lipinski definition) is 3. The molecule has 0 radical (unpaired) electrons. The second-order valence-corrected chi connectivity index (χ2v) is 10.4. The lowest BCUT2D eigenvalue weighted by molar-refractivity contribution is -0.122. The largest absolute Gasteiger partial charge is 0.484 e. The quantitative estimate of drug-likeness (QED) is 0.397. The smallest absolute Gasteiger partial charge is 0.329 e. The zero-order chi connectivity index (χ0) is 28.1. The average Bonchev–Trinajstić information content (AvgIpc) is 3.28. The minimum atomic E-state index is -0.673. The Hall–Kier alpha value is -3.89. The number of piperazine rings is 1. The molecule has 3 N–H and O–H groups in total. The Kier molecular flexibility index (Phi) is 8.66. The van der Waals surface area contributed by atoms with Crippen LogP contribution < -0.4 is 21.1 Å². The van der Waals surface area contributed by atoms with E-state index in [2.05, 4.69) is 10.6 Å². The summed E-state index contributed by atoms with van der Waals surface area (Å²) in [5, 5.41) is 16.8. The lowest BCUT2D eigenvalue weighted by atomic mass is 9.92. The molecule has 1 unspecified atom stereocenters. The fourth-order valence-corrected chi connectivity index (χ4v) is 5.65. The predicted molar refractivity (Wildman–Crippen MR) is 152 cm³/mol. The summed E-state index contributed by atoms with van der Waals surface area (Å²) in [5.74, 6) is 0.0456. The van der Waals surface area contributed by atoms with Crippen molar-refractivity contribution < 1.29 is 19.4 Å². The number of imidazole rings is 1. The lowest BCUT2D eigenvalue weighted by Crippen LogP contribution is -2.47. The summed E-state index contributed by atoms with van der Waals surface area (Å²) in [7, 11) is 1.55. The molecule has 2 aliphatic rings. The number of nitrogens with zero attached hydrogens (tertiary/aromatic N) is 3. The van der Waals surface area contributed by atoms with Gasteiger partial charge in [0.05, 0.1) is 24.4 Å². The van der Waals surface area contributed by atoms with Gasteiger partial charge >= 0.3 is 5.69 Å². The summed E-state index contributed by atoms with van der Waals surface area (Å²) < 4.78 is 8.84. The van der Waals surface area contributed by atoms with Crippen molar-refractivity contribution in [2.24, 2.45) is 0 Å². The van der Waals surface area contributed by atoms with Gasteiger partial charge in [0.1, 0.15) is 11.4 Å². The fraction of sp³-hybridized carbons (Fsp3) is 0.433. The Morgan fingerprint density at radius 3 is 2.52 bits per heavy atom.